The van der Waals surface area contributed by atoms with Crippen LogP contribution in [0.25, 0.3) is 5.57 Å². The summed E-state index contributed by atoms with van der Waals surface area (Å²) in [7, 11) is 6.14. The fourth-order valence-corrected chi connectivity index (χ4v) is 6.14. The van der Waals surface area contributed by atoms with Crippen LogP contribution in [-0.4, -0.2) is 51.4 Å². The Morgan fingerprint density at radius 1 is 1.05 bits per heavy atom. The molecule has 0 saturated carbocycles. The van der Waals surface area contributed by atoms with E-state index < -0.39 is 17.6 Å². The summed E-state index contributed by atoms with van der Waals surface area (Å²) in [6, 6.07) is 9.77. The summed E-state index contributed by atoms with van der Waals surface area (Å²) < 4.78 is 23.6. The average Bonchev–Trinajstić information content (AvgIpc) is 3.38. The lowest BCUT2D eigenvalue weighted by molar-refractivity contribution is -0.139. The topological polar surface area (TPSA) is 109 Å². The van der Waals surface area contributed by atoms with Crippen molar-refractivity contribution in [2.24, 2.45) is 4.99 Å². The molecular weight excluding hydrogens is 522 g/mol. The maximum absolute atomic E-state index is 14.2. The molecule has 39 heavy (non-hydrogen) atoms. The van der Waals surface area contributed by atoms with Crippen molar-refractivity contribution < 1.29 is 28.5 Å². The van der Waals surface area contributed by atoms with Gasteiger partial charge in [-0.15, -0.1) is 0 Å². The Morgan fingerprint density at radius 2 is 1.72 bits per heavy atom. The summed E-state index contributed by atoms with van der Waals surface area (Å²) in [5.74, 6) is 0.199. The van der Waals surface area contributed by atoms with Crippen molar-refractivity contribution in [3.05, 3.63) is 78.5 Å². The van der Waals surface area contributed by atoms with Gasteiger partial charge in [-0.2, -0.15) is 0 Å². The van der Waals surface area contributed by atoms with Crippen molar-refractivity contribution in [3.8, 4) is 17.2 Å². The molecule has 10 nitrogen and oxygen atoms in total. The number of rotatable bonds is 6. The summed E-state index contributed by atoms with van der Waals surface area (Å²) in [4.78, 5) is 47.2. The number of likely N-dealkylation sites (N-methyl/N-ethyl adjacent to an activating group) is 1. The van der Waals surface area contributed by atoms with Crippen molar-refractivity contribution in [1.82, 2.24) is 4.57 Å². The van der Waals surface area contributed by atoms with Gasteiger partial charge in [0.2, 0.25) is 5.75 Å². The van der Waals surface area contributed by atoms with Crippen LogP contribution in [0.2, 0.25) is 0 Å². The number of nitrogens with zero attached hydrogens (tertiary/aromatic N) is 3. The van der Waals surface area contributed by atoms with Gasteiger partial charge in [0.15, 0.2) is 16.3 Å². The van der Waals surface area contributed by atoms with Gasteiger partial charge in [-0.05, 0) is 37.6 Å². The Hall–Kier alpha value is -4.38. The molecule has 0 aliphatic carbocycles. The van der Waals surface area contributed by atoms with E-state index in [0.717, 1.165) is 11.3 Å². The first-order valence-corrected chi connectivity index (χ1v) is 13.0. The van der Waals surface area contributed by atoms with E-state index in [9.17, 15) is 14.4 Å². The van der Waals surface area contributed by atoms with Crippen molar-refractivity contribution in [2.75, 3.05) is 39.9 Å². The van der Waals surface area contributed by atoms with Gasteiger partial charge in [0.1, 0.15) is 4.53 Å². The molecule has 202 valence electrons. The van der Waals surface area contributed by atoms with Crippen LogP contribution >= 0.6 is 11.3 Å². The van der Waals surface area contributed by atoms with E-state index in [1.807, 2.05) is 24.3 Å². The zero-order valence-electron chi connectivity index (χ0n) is 22.4. The van der Waals surface area contributed by atoms with Gasteiger partial charge in [0.25, 0.3) is 11.5 Å². The molecular formula is C28H27N3O7S. The molecule has 0 saturated heterocycles. The number of aromatic nitrogens is 1. The van der Waals surface area contributed by atoms with Gasteiger partial charge in [-0.1, -0.05) is 29.5 Å². The van der Waals surface area contributed by atoms with Crippen LogP contribution < -0.4 is 34.0 Å². The van der Waals surface area contributed by atoms with Crippen LogP contribution in [-0.2, 0) is 14.3 Å². The van der Waals surface area contributed by atoms with Crippen molar-refractivity contribution in [1.29, 1.82) is 0 Å². The lowest BCUT2D eigenvalue weighted by Gasteiger charge is -2.26. The van der Waals surface area contributed by atoms with Gasteiger partial charge < -0.3 is 23.8 Å². The number of fused-ring (bicyclic) bond motifs is 2. The van der Waals surface area contributed by atoms with Crippen LogP contribution in [0.5, 0.6) is 17.2 Å². The first-order chi connectivity index (χ1) is 18.8. The van der Waals surface area contributed by atoms with Crippen LogP contribution in [0.1, 0.15) is 31.0 Å². The number of anilines is 1. The first kappa shape index (κ1) is 26.2. The average molecular weight is 550 g/mol. The minimum Gasteiger partial charge on any atom is -0.493 e. The highest BCUT2D eigenvalue weighted by Gasteiger charge is 2.37. The largest absolute Gasteiger partial charge is 0.493 e. The van der Waals surface area contributed by atoms with Gasteiger partial charge in [-0.3, -0.25) is 14.2 Å². The molecule has 0 fully saturated rings. The van der Waals surface area contributed by atoms with Crippen molar-refractivity contribution >= 4 is 34.5 Å². The van der Waals surface area contributed by atoms with Gasteiger partial charge >= 0.3 is 5.97 Å². The molecule has 1 atom stereocenters. The lowest BCUT2D eigenvalue weighted by atomic mass is 9.95. The Balaban J connectivity index is 1.86. The maximum Gasteiger partial charge on any atom is 0.338 e. The number of ether oxygens (including phenoxy) is 4. The number of benzene rings is 2. The number of hydrogen-bond acceptors (Lipinski definition) is 9. The highest BCUT2D eigenvalue weighted by Crippen LogP contribution is 2.42. The number of esters is 1. The molecule has 2 aromatic carbocycles. The quantitative estimate of drug-likeness (QED) is 0.434. The van der Waals surface area contributed by atoms with E-state index in [4.69, 9.17) is 18.9 Å². The number of para-hydroxylation sites is 1. The lowest BCUT2D eigenvalue weighted by Crippen LogP contribution is -2.40. The highest BCUT2D eigenvalue weighted by atomic mass is 32.1. The molecule has 0 spiro atoms. The normalized spacial score (nSPS) is 17.4. The number of hydrogen-bond donors (Lipinski definition) is 0. The van der Waals surface area contributed by atoms with E-state index in [2.05, 4.69) is 4.99 Å². The molecule has 0 unspecified atom stereocenters. The summed E-state index contributed by atoms with van der Waals surface area (Å²) in [5.41, 5.74) is 2.37. The Morgan fingerprint density at radius 3 is 2.33 bits per heavy atom. The smallest absolute Gasteiger partial charge is 0.338 e. The predicted octanol–water partition coefficient (Wildman–Crippen LogP) is 2.17. The maximum atomic E-state index is 14.2. The van der Waals surface area contributed by atoms with Crippen molar-refractivity contribution in [3.63, 3.8) is 0 Å². The molecule has 0 N–H and O–H groups in total. The molecule has 1 aromatic heterocycles. The number of methoxy groups -OCH3 is 3. The van der Waals surface area contributed by atoms with Crippen molar-refractivity contribution in [2.45, 2.75) is 19.9 Å². The Bertz CT molecular complexity index is 1710. The first-order valence-electron chi connectivity index (χ1n) is 12.2. The molecule has 3 aromatic rings. The summed E-state index contributed by atoms with van der Waals surface area (Å²) in [6.07, 6.45) is 0. The Labute approximate surface area is 228 Å². The second-order valence-electron chi connectivity index (χ2n) is 8.84. The van der Waals surface area contributed by atoms with E-state index in [1.54, 1.807) is 33.0 Å². The van der Waals surface area contributed by atoms with E-state index in [0.29, 0.717) is 50.1 Å². The predicted molar refractivity (Wildman–Crippen MR) is 145 cm³/mol. The van der Waals surface area contributed by atoms with Gasteiger partial charge in [-0.25, -0.2) is 9.79 Å². The van der Waals surface area contributed by atoms with E-state index in [-0.39, 0.29) is 22.6 Å². The second-order valence-corrected chi connectivity index (χ2v) is 9.82. The third-order valence-electron chi connectivity index (χ3n) is 6.78. The second kappa shape index (κ2) is 10.1. The standard InChI is InChI=1S/C28H27N3O7S/c1-7-38-27(34)20-14(2)29-28-31(22(20)15-12-18(35-4)23(37-6)19(13-15)36-5)26(33)24(39-28)21-16-10-8-9-11-17(16)30(3)25(21)32/h8-13,22H,7H2,1-6H3/b24-21-/t22-/m1/s1. The third kappa shape index (κ3) is 4.00. The molecule has 2 aliphatic heterocycles. The van der Waals surface area contributed by atoms with E-state index >= 15 is 0 Å². The van der Waals surface area contributed by atoms with Gasteiger partial charge in [0.05, 0.1) is 56.5 Å². The molecule has 11 heteroatoms. The number of amides is 1. The minimum absolute atomic E-state index is 0.143. The van der Waals surface area contributed by atoms with Crippen LogP contribution in [0.15, 0.2) is 57.5 Å². The van der Waals surface area contributed by atoms with Gasteiger partial charge in [0, 0.05) is 12.6 Å². The van der Waals surface area contributed by atoms with Crippen LogP contribution in [0.3, 0.4) is 0 Å². The minimum atomic E-state index is -0.923. The third-order valence-corrected chi connectivity index (χ3v) is 7.83. The zero-order chi connectivity index (χ0) is 28.0. The molecule has 3 heterocycles. The van der Waals surface area contributed by atoms with Crippen LogP contribution in [0, 0.1) is 0 Å². The fraction of sp³-hybridized carbons (Fsp3) is 0.286. The van der Waals surface area contributed by atoms with E-state index in [1.165, 1.54) is 30.8 Å². The number of carbonyl (C=O) groups is 2. The fourth-order valence-electron chi connectivity index (χ4n) is 5.01. The molecule has 5 rings (SSSR count). The zero-order valence-corrected chi connectivity index (χ0v) is 23.2. The monoisotopic (exact) mass is 549 g/mol. The number of thiazole rings is 1. The molecule has 0 bridgehead atoms. The molecule has 0 radical (unpaired) electrons. The SMILES string of the molecule is CCOC(=O)C1=C(C)N=c2s/c(=C3\C(=O)N(C)c4ccccc43)c(=O)n2[C@@H]1c1cc(OC)c(OC)c(OC)c1. The number of allylic oxidation sites excluding steroid dienone is 1. The highest BCUT2D eigenvalue weighted by molar-refractivity contribution is 7.07. The van der Waals surface area contributed by atoms with Crippen LogP contribution in [0.4, 0.5) is 5.69 Å². The molecule has 2 aliphatic rings. The summed E-state index contributed by atoms with van der Waals surface area (Å²) in [5, 5.41) is 0. The summed E-state index contributed by atoms with van der Waals surface area (Å²) in [6.45, 7) is 3.55. The summed E-state index contributed by atoms with van der Waals surface area (Å²) >= 11 is 1.11. The Kier molecular flexibility index (Phi) is 6.77. The molecule has 1 amide bonds. The number of carbonyl (C=O) groups excluding carboxylic acids is 2.